The fraction of sp³-hybridized carbons (Fsp3) is 0.385. The molecule has 1 aromatic rings. The van der Waals surface area contributed by atoms with Crippen molar-refractivity contribution in [3.8, 4) is 18.1 Å². The highest BCUT2D eigenvalue weighted by atomic mass is 32.2. The number of benzene rings is 1. The molecule has 3 N–H and O–H groups in total. The molecule has 5 nitrogen and oxygen atoms in total. The molecule has 104 valence electrons. The molecular weight excluding hydrogens is 264 g/mol. The Hall–Kier alpha value is -1.71. The molecule has 1 atom stereocenters. The molecule has 0 amide bonds. The lowest BCUT2D eigenvalue weighted by Gasteiger charge is -2.14. The van der Waals surface area contributed by atoms with Crippen LogP contribution in [0.4, 0.5) is 5.69 Å². The highest BCUT2D eigenvalue weighted by molar-refractivity contribution is 7.89. The van der Waals surface area contributed by atoms with Gasteiger partial charge in [0, 0.05) is 6.07 Å². The van der Waals surface area contributed by atoms with Crippen molar-refractivity contribution in [1.29, 1.82) is 0 Å². The molecule has 0 aliphatic rings. The Morgan fingerprint density at radius 1 is 1.53 bits per heavy atom. The summed E-state index contributed by atoms with van der Waals surface area (Å²) in [6, 6.07) is 3.86. The summed E-state index contributed by atoms with van der Waals surface area (Å²) in [5.74, 6) is 2.91. The largest absolute Gasteiger partial charge is 0.497 e. The van der Waals surface area contributed by atoms with Gasteiger partial charge in [-0.3, -0.25) is 0 Å². The quantitative estimate of drug-likeness (QED) is 0.609. The fourth-order valence-corrected chi connectivity index (χ4v) is 2.92. The second kappa shape index (κ2) is 6.45. The maximum Gasteiger partial charge on any atom is 0.243 e. The number of ether oxygens (including phenoxy) is 1. The topological polar surface area (TPSA) is 81.4 Å². The molecule has 19 heavy (non-hydrogen) atoms. The standard InChI is InChI=1S/C13H18N2O3S/c1-4-6-10(5-2)15-19(16,17)13-8-7-11(18-3)9-12(13)14/h2,7-10,15H,4,6,14H2,1,3H3. The van der Waals surface area contributed by atoms with Crippen molar-refractivity contribution in [2.24, 2.45) is 0 Å². The minimum atomic E-state index is -3.72. The van der Waals surface area contributed by atoms with E-state index >= 15 is 0 Å². The first-order valence-corrected chi connectivity index (χ1v) is 7.35. The van der Waals surface area contributed by atoms with Gasteiger partial charge in [-0.2, -0.15) is 4.72 Å². The number of nitrogen functional groups attached to an aromatic ring is 1. The van der Waals surface area contributed by atoms with Crippen molar-refractivity contribution < 1.29 is 13.2 Å². The smallest absolute Gasteiger partial charge is 0.243 e. The van der Waals surface area contributed by atoms with E-state index in [-0.39, 0.29) is 10.6 Å². The van der Waals surface area contributed by atoms with Crippen LogP contribution in [0.2, 0.25) is 0 Å². The highest BCUT2D eigenvalue weighted by Crippen LogP contribution is 2.23. The Balaban J connectivity index is 3.04. The van der Waals surface area contributed by atoms with E-state index in [1.807, 2.05) is 6.92 Å². The molecule has 0 heterocycles. The predicted molar refractivity (Wildman–Crippen MR) is 75.3 cm³/mol. The molecule has 0 spiro atoms. The Morgan fingerprint density at radius 3 is 2.68 bits per heavy atom. The number of anilines is 1. The molecule has 0 fully saturated rings. The first-order chi connectivity index (χ1) is 8.94. The van der Waals surface area contributed by atoms with Gasteiger partial charge in [0.25, 0.3) is 0 Å². The van der Waals surface area contributed by atoms with Gasteiger partial charge in [-0.25, -0.2) is 8.42 Å². The molecule has 0 saturated heterocycles. The van der Waals surface area contributed by atoms with Crippen LogP contribution < -0.4 is 15.2 Å². The Morgan fingerprint density at radius 2 is 2.21 bits per heavy atom. The van der Waals surface area contributed by atoms with Crippen LogP contribution in [0.3, 0.4) is 0 Å². The van der Waals surface area contributed by atoms with E-state index in [0.717, 1.165) is 6.42 Å². The second-order valence-corrected chi connectivity index (χ2v) is 5.72. The minimum Gasteiger partial charge on any atom is -0.497 e. The van der Waals surface area contributed by atoms with E-state index in [2.05, 4.69) is 10.6 Å². The van der Waals surface area contributed by atoms with Gasteiger partial charge in [0.15, 0.2) is 0 Å². The van der Waals surface area contributed by atoms with Crippen molar-refractivity contribution in [3.05, 3.63) is 18.2 Å². The second-order valence-electron chi connectivity index (χ2n) is 4.03. The molecular formula is C13H18N2O3S. The molecule has 1 aromatic carbocycles. The van der Waals surface area contributed by atoms with Crippen molar-refractivity contribution in [3.63, 3.8) is 0 Å². The third kappa shape index (κ3) is 3.88. The van der Waals surface area contributed by atoms with Crippen LogP contribution in [0, 0.1) is 12.3 Å². The summed E-state index contributed by atoms with van der Waals surface area (Å²) in [6.07, 6.45) is 6.66. The molecule has 1 unspecified atom stereocenters. The van der Waals surface area contributed by atoms with E-state index in [1.165, 1.54) is 25.3 Å². The normalized spacial score (nSPS) is 12.7. The Bertz CT molecular complexity index is 576. The number of sulfonamides is 1. The first kappa shape index (κ1) is 15.3. The van der Waals surface area contributed by atoms with Gasteiger partial charge in [-0.05, 0) is 18.6 Å². The monoisotopic (exact) mass is 282 g/mol. The molecule has 0 aliphatic carbocycles. The lowest BCUT2D eigenvalue weighted by Crippen LogP contribution is -2.34. The number of hydrogen-bond donors (Lipinski definition) is 2. The summed E-state index contributed by atoms with van der Waals surface area (Å²) in [7, 11) is -2.24. The number of rotatable bonds is 6. The SMILES string of the molecule is C#CC(CCC)NS(=O)(=O)c1ccc(OC)cc1N. The third-order valence-corrected chi connectivity index (χ3v) is 4.13. The van der Waals surface area contributed by atoms with Crippen LogP contribution in [0.15, 0.2) is 23.1 Å². The number of nitrogens with one attached hydrogen (secondary N) is 1. The molecule has 6 heteroatoms. The molecule has 0 aromatic heterocycles. The van der Waals surface area contributed by atoms with Crippen molar-refractivity contribution >= 4 is 15.7 Å². The van der Waals surface area contributed by atoms with Gasteiger partial charge >= 0.3 is 0 Å². The fourth-order valence-electron chi connectivity index (χ4n) is 1.61. The number of nitrogens with two attached hydrogens (primary N) is 1. The number of methoxy groups -OCH3 is 1. The average Bonchev–Trinajstić information content (AvgIpc) is 2.37. The Labute approximate surface area is 114 Å². The van der Waals surface area contributed by atoms with Crippen molar-refractivity contribution in [2.45, 2.75) is 30.7 Å². The van der Waals surface area contributed by atoms with Crippen LogP contribution in [0.1, 0.15) is 19.8 Å². The third-order valence-electron chi connectivity index (χ3n) is 2.58. The lowest BCUT2D eigenvalue weighted by molar-refractivity contribution is 0.414. The summed E-state index contributed by atoms with van der Waals surface area (Å²) in [6.45, 7) is 1.93. The summed E-state index contributed by atoms with van der Waals surface area (Å²) >= 11 is 0. The first-order valence-electron chi connectivity index (χ1n) is 5.86. The van der Waals surface area contributed by atoms with Crippen LogP contribution in [0.25, 0.3) is 0 Å². The van der Waals surface area contributed by atoms with Gasteiger partial charge in [0.05, 0.1) is 18.8 Å². The molecule has 0 saturated carbocycles. The van der Waals surface area contributed by atoms with E-state index in [9.17, 15) is 8.42 Å². The van der Waals surface area contributed by atoms with Gasteiger partial charge in [0.2, 0.25) is 10.0 Å². The van der Waals surface area contributed by atoms with E-state index in [1.54, 1.807) is 0 Å². The minimum absolute atomic E-state index is 0.00431. The molecule has 0 bridgehead atoms. The van der Waals surface area contributed by atoms with Crippen molar-refractivity contribution in [1.82, 2.24) is 4.72 Å². The van der Waals surface area contributed by atoms with Crippen LogP contribution in [0.5, 0.6) is 5.75 Å². The van der Waals surface area contributed by atoms with Gasteiger partial charge in [0.1, 0.15) is 10.6 Å². The Kier molecular flexibility index (Phi) is 5.21. The maximum atomic E-state index is 12.2. The lowest BCUT2D eigenvalue weighted by atomic mass is 10.2. The predicted octanol–water partition coefficient (Wildman–Crippen LogP) is 1.36. The highest BCUT2D eigenvalue weighted by Gasteiger charge is 2.21. The zero-order valence-corrected chi connectivity index (χ0v) is 11.8. The maximum absolute atomic E-state index is 12.2. The summed E-state index contributed by atoms with van der Waals surface area (Å²) in [5, 5.41) is 0. The molecule has 0 radical (unpaired) electrons. The molecule has 1 rings (SSSR count). The van der Waals surface area contributed by atoms with Gasteiger partial charge < -0.3 is 10.5 Å². The van der Waals surface area contributed by atoms with E-state index < -0.39 is 16.1 Å². The summed E-state index contributed by atoms with van der Waals surface area (Å²) in [5.41, 5.74) is 5.85. The van der Waals surface area contributed by atoms with E-state index in [0.29, 0.717) is 12.2 Å². The summed E-state index contributed by atoms with van der Waals surface area (Å²) < 4.78 is 31.8. The van der Waals surface area contributed by atoms with Crippen LogP contribution in [-0.2, 0) is 10.0 Å². The van der Waals surface area contributed by atoms with Crippen LogP contribution in [-0.4, -0.2) is 21.6 Å². The molecule has 0 aliphatic heterocycles. The summed E-state index contributed by atoms with van der Waals surface area (Å²) in [4.78, 5) is 0.00431. The van der Waals surface area contributed by atoms with Crippen LogP contribution >= 0.6 is 0 Å². The number of hydrogen-bond acceptors (Lipinski definition) is 4. The average molecular weight is 282 g/mol. The van der Waals surface area contributed by atoms with E-state index in [4.69, 9.17) is 16.9 Å². The van der Waals surface area contributed by atoms with Crippen molar-refractivity contribution in [2.75, 3.05) is 12.8 Å². The van der Waals surface area contributed by atoms with Gasteiger partial charge in [-0.1, -0.05) is 19.3 Å². The zero-order chi connectivity index (χ0) is 14.5. The number of terminal acetylenes is 1. The zero-order valence-electron chi connectivity index (χ0n) is 11.0. The van der Waals surface area contributed by atoms with Gasteiger partial charge in [-0.15, -0.1) is 6.42 Å².